The molecule has 168 valence electrons. The van der Waals surface area contributed by atoms with E-state index in [4.69, 9.17) is 9.47 Å². The fourth-order valence-corrected chi connectivity index (χ4v) is 2.92. The lowest BCUT2D eigenvalue weighted by atomic mass is 10.1. The molecule has 0 spiro atoms. The lowest BCUT2D eigenvalue weighted by molar-refractivity contribution is 0.172. The van der Waals surface area contributed by atoms with Gasteiger partial charge >= 0.3 is 0 Å². The molecule has 0 aliphatic carbocycles. The normalized spacial score (nSPS) is 11.7. The summed E-state index contributed by atoms with van der Waals surface area (Å²) in [4.78, 5) is 4.59. The monoisotopic (exact) mass is 542 g/mol. The third kappa shape index (κ3) is 12.2. The smallest absolute Gasteiger partial charge is 0.211 e. The summed E-state index contributed by atoms with van der Waals surface area (Å²) >= 11 is 0. The van der Waals surface area contributed by atoms with Crippen LogP contribution in [0.2, 0.25) is 0 Å². The molecular formula is C19H35IN4O4S. The number of rotatable bonds is 13. The Bertz CT molecular complexity index is 714. The molecule has 0 unspecified atom stereocenters. The van der Waals surface area contributed by atoms with E-state index in [0.29, 0.717) is 45.4 Å². The van der Waals surface area contributed by atoms with Crippen LogP contribution in [0.1, 0.15) is 31.4 Å². The Morgan fingerprint density at radius 2 is 1.90 bits per heavy atom. The number of methoxy groups -OCH3 is 1. The summed E-state index contributed by atoms with van der Waals surface area (Å²) in [7, 11) is -1.51. The van der Waals surface area contributed by atoms with E-state index in [-0.39, 0.29) is 29.7 Å². The Labute approximate surface area is 192 Å². The van der Waals surface area contributed by atoms with Gasteiger partial charge in [0.05, 0.1) is 18.9 Å². The number of nitrogens with one attached hydrogen (secondary N) is 3. The van der Waals surface area contributed by atoms with Crippen molar-refractivity contribution in [2.75, 3.05) is 45.7 Å². The molecule has 0 atom stereocenters. The number of aliphatic imine (C=N–C) groups is 1. The average Bonchev–Trinajstić information content (AvgIpc) is 2.67. The zero-order valence-corrected chi connectivity index (χ0v) is 20.9. The van der Waals surface area contributed by atoms with Gasteiger partial charge in [0.1, 0.15) is 5.75 Å². The van der Waals surface area contributed by atoms with Crippen LogP contribution in [0.5, 0.6) is 5.75 Å². The van der Waals surface area contributed by atoms with Crippen LogP contribution in [-0.2, 0) is 21.3 Å². The summed E-state index contributed by atoms with van der Waals surface area (Å²) in [5.41, 5.74) is 2.12. The van der Waals surface area contributed by atoms with Gasteiger partial charge in [-0.2, -0.15) is 0 Å². The predicted molar refractivity (Wildman–Crippen MR) is 129 cm³/mol. The van der Waals surface area contributed by atoms with Gasteiger partial charge in [-0.15, -0.1) is 24.0 Å². The number of hydrogen-bond acceptors (Lipinski definition) is 5. The first kappa shape index (κ1) is 27.9. The fraction of sp³-hybridized carbons (Fsp3) is 0.632. The van der Waals surface area contributed by atoms with Crippen LogP contribution in [0.3, 0.4) is 0 Å². The van der Waals surface area contributed by atoms with Crippen molar-refractivity contribution in [3.8, 4) is 5.75 Å². The van der Waals surface area contributed by atoms with E-state index in [2.05, 4.69) is 20.3 Å². The molecule has 0 aromatic heterocycles. The minimum absolute atomic E-state index is 0. The molecule has 10 heteroatoms. The Kier molecular flexibility index (Phi) is 15.1. The van der Waals surface area contributed by atoms with Gasteiger partial charge in [-0.3, -0.25) is 0 Å². The highest BCUT2D eigenvalue weighted by Gasteiger charge is 2.07. The molecule has 1 aromatic rings. The number of aryl methyl sites for hydroxylation is 1. The molecule has 0 amide bonds. The molecule has 0 radical (unpaired) electrons. The van der Waals surface area contributed by atoms with Crippen molar-refractivity contribution >= 4 is 40.0 Å². The van der Waals surface area contributed by atoms with Crippen LogP contribution in [0.25, 0.3) is 0 Å². The third-order valence-electron chi connectivity index (χ3n) is 3.84. The van der Waals surface area contributed by atoms with Crippen molar-refractivity contribution in [1.29, 1.82) is 0 Å². The highest BCUT2D eigenvalue weighted by Crippen LogP contribution is 2.21. The SMILES string of the molecule is CCNC(=NCc1ccc(C)cc1OCCCOC)NCCNS(=O)(=O)CC.I. The van der Waals surface area contributed by atoms with E-state index in [1.807, 2.05) is 32.0 Å². The van der Waals surface area contributed by atoms with Gasteiger partial charge in [0.2, 0.25) is 10.0 Å². The van der Waals surface area contributed by atoms with Crippen molar-refractivity contribution in [2.24, 2.45) is 4.99 Å². The number of halogens is 1. The molecule has 0 saturated carbocycles. The molecule has 0 bridgehead atoms. The van der Waals surface area contributed by atoms with Crippen LogP contribution in [0.4, 0.5) is 0 Å². The van der Waals surface area contributed by atoms with Gasteiger partial charge in [-0.05, 0) is 32.4 Å². The van der Waals surface area contributed by atoms with Crippen LogP contribution >= 0.6 is 24.0 Å². The summed E-state index contributed by atoms with van der Waals surface area (Å²) in [6.07, 6.45) is 0.824. The molecule has 1 aromatic carbocycles. The second-order valence-corrected chi connectivity index (χ2v) is 8.32. The maximum atomic E-state index is 11.5. The third-order valence-corrected chi connectivity index (χ3v) is 5.25. The van der Waals surface area contributed by atoms with Gasteiger partial charge in [-0.1, -0.05) is 12.1 Å². The van der Waals surface area contributed by atoms with Crippen LogP contribution in [0, 0.1) is 6.92 Å². The van der Waals surface area contributed by atoms with Crippen molar-refractivity contribution in [1.82, 2.24) is 15.4 Å². The Hall–Kier alpha value is -1.11. The topological polar surface area (TPSA) is 101 Å². The number of nitrogens with zero attached hydrogens (tertiary/aromatic N) is 1. The van der Waals surface area contributed by atoms with Gasteiger partial charge < -0.3 is 20.1 Å². The Morgan fingerprint density at radius 1 is 1.14 bits per heavy atom. The first-order chi connectivity index (χ1) is 13.4. The van der Waals surface area contributed by atoms with E-state index >= 15 is 0 Å². The predicted octanol–water partition coefficient (Wildman–Crippen LogP) is 2.02. The summed E-state index contributed by atoms with van der Waals surface area (Å²) in [6, 6.07) is 6.06. The first-order valence-corrected chi connectivity index (χ1v) is 11.3. The van der Waals surface area contributed by atoms with E-state index in [1.54, 1.807) is 14.0 Å². The molecule has 0 aliphatic heterocycles. The minimum Gasteiger partial charge on any atom is -0.493 e. The fourth-order valence-electron chi connectivity index (χ4n) is 2.31. The summed E-state index contributed by atoms with van der Waals surface area (Å²) in [5.74, 6) is 1.53. The van der Waals surface area contributed by atoms with E-state index in [0.717, 1.165) is 23.3 Å². The average molecular weight is 542 g/mol. The highest BCUT2D eigenvalue weighted by atomic mass is 127. The lowest BCUT2D eigenvalue weighted by Crippen LogP contribution is -2.41. The van der Waals surface area contributed by atoms with Gasteiger partial charge in [-0.25, -0.2) is 18.1 Å². The summed E-state index contributed by atoms with van der Waals surface area (Å²) in [6.45, 7) is 8.78. The zero-order chi connectivity index (χ0) is 20.8. The van der Waals surface area contributed by atoms with Crippen molar-refractivity contribution in [2.45, 2.75) is 33.7 Å². The van der Waals surface area contributed by atoms with Crippen molar-refractivity contribution in [3.05, 3.63) is 29.3 Å². The molecule has 0 aliphatic rings. The molecule has 1 rings (SSSR count). The number of ether oxygens (including phenoxy) is 2. The summed E-state index contributed by atoms with van der Waals surface area (Å²) < 4.78 is 36.4. The summed E-state index contributed by atoms with van der Waals surface area (Å²) in [5, 5.41) is 6.29. The zero-order valence-electron chi connectivity index (χ0n) is 17.8. The maximum absolute atomic E-state index is 11.5. The van der Waals surface area contributed by atoms with Crippen molar-refractivity contribution < 1.29 is 17.9 Å². The number of hydrogen-bond donors (Lipinski definition) is 3. The molecule has 3 N–H and O–H groups in total. The Morgan fingerprint density at radius 3 is 2.55 bits per heavy atom. The molecule has 0 fully saturated rings. The molecule has 29 heavy (non-hydrogen) atoms. The second-order valence-electron chi connectivity index (χ2n) is 6.23. The van der Waals surface area contributed by atoms with Crippen molar-refractivity contribution in [3.63, 3.8) is 0 Å². The largest absolute Gasteiger partial charge is 0.493 e. The highest BCUT2D eigenvalue weighted by molar-refractivity contribution is 14.0. The molecule has 0 heterocycles. The van der Waals surface area contributed by atoms with E-state index in [9.17, 15) is 8.42 Å². The standard InChI is InChI=1S/C19H34N4O4S.HI/c1-5-20-19(21-10-11-23-28(24,25)6-2)22-15-17-9-8-16(3)14-18(17)27-13-7-12-26-4;/h8-9,14,23H,5-7,10-13,15H2,1-4H3,(H2,20,21,22);1H. The maximum Gasteiger partial charge on any atom is 0.211 e. The van der Waals surface area contributed by atoms with Gasteiger partial charge in [0.15, 0.2) is 5.96 Å². The lowest BCUT2D eigenvalue weighted by Gasteiger charge is -2.14. The second kappa shape index (κ2) is 15.7. The van der Waals surface area contributed by atoms with E-state index in [1.165, 1.54) is 0 Å². The number of guanidine groups is 1. The molecular weight excluding hydrogens is 507 g/mol. The molecule has 0 saturated heterocycles. The molecule has 8 nitrogen and oxygen atoms in total. The number of sulfonamides is 1. The minimum atomic E-state index is -3.18. The van der Waals surface area contributed by atoms with Crippen LogP contribution in [-0.4, -0.2) is 60.1 Å². The van der Waals surface area contributed by atoms with Gasteiger partial charge in [0, 0.05) is 45.3 Å². The number of benzene rings is 1. The van der Waals surface area contributed by atoms with Crippen LogP contribution < -0.4 is 20.1 Å². The Balaban J connectivity index is 0.00000784. The van der Waals surface area contributed by atoms with Gasteiger partial charge in [0.25, 0.3) is 0 Å². The van der Waals surface area contributed by atoms with E-state index < -0.39 is 10.0 Å². The first-order valence-electron chi connectivity index (χ1n) is 9.62. The van der Waals surface area contributed by atoms with Crippen LogP contribution in [0.15, 0.2) is 23.2 Å². The quantitative estimate of drug-likeness (QED) is 0.153.